The van der Waals surface area contributed by atoms with Crippen molar-refractivity contribution in [1.29, 1.82) is 0 Å². The van der Waals surface area contributed by atoms with E-state index in [0.717, 1.165) is 5.56 Å². The Morgan fingerprint density at radius 3 is 2.25 bits per heavy atom. The molecule has 0 aromatic heterocycles. The second-order valence-electron chi connectivity index (χ2n) is 4.33. The Hall–Kier alpha value is -2.69. The normalized spacial score (nSPS) is 10.1. The molecule has 2 aromatic rings. The topological polar surface area (TPSA) is 69.4 Å². The Morgan fingerprint density at radius 2 is 1.70 bits per heavy atom. The van der Waals surface area contributed by atoms with Gasteiger partial charge in [-0.2, -0.15) is 0 Å². The number of nitro groups is 1. The molecule has 2 aromatic carbocycles. The smallest absolute Gasteiger partial charge is 0.269 e. The number of Topliss-reactive ketones (excluding diaryl/α,β-unsaturated/α-hetero) is 1. The second kappa shape index (κ2) is 5.97. The van der Waals surface area contributed by atoms with Crippen LogP contribution in [0.25, 0.3) is 0 Å². The molecule has 0 unspecified atom stereocenters. The lowest BCUT2D eigenvalue weighted by molar-refractivity contribution is -0.384. The van der Waals surface area contributed by atoms with E-state index in [2.05, 4.69) is 0 Å². The molecule has 0 bridgehead atoms. The molecule has 0 N–H and O–H groups in total. The summed E-state index contributed by atoms with van der Waals surface area (Å²) in [7, 11) is 0. The molecule has 0 heterocycles. The van der Waals surface area contributed by atoms with E-state index in [1.807, 2.05) is 19.1 Å². The molecule has 20 heavy (non-hydrogen) atoms. The summed E-state index contributed by atoms with van der Waals surface area (Å²) in [4.78, 5) is 21.9. The van der Waals surface area contributed by atoms with Crippen molar-refractivity contribution in [2.75, 3.05) is 6.61 Å². The van der Waals surface area contributed by atoms with Crippen LogP contribution in [0.5, 0.6) is 5.75 Å². The SMILES string of the molecule is Cc1ccc(C(=O)COc2ccc([N+](=O)[O-])cc2)cc1. The Balaban J connectivity index is 1.96. The van der Waals surface area contributed by atoms with Crippen LogP contribution in [0.4, 0.5) is 5.69 Å². The molecule has 0 saturated carbocycles. The van der Waals surface area contributed by atoms with Gasteiger partial charge in [0.2, 0.25) is 0 Å². The van der Waals surface area contributed by atoms with Gasteiger partial charge in [0, 0.05) is 17.7 Å². The number of aryl methyl sites for hydroxylation is 1. The van der Waals surface area contributed by atoms with Crippen LogP contribution in [0.3, 0.4) is 0 Å². The summed E-state index contributed by atoms with van der Waals surface area (Å²) in [6.45, 7) is 1.85. The summed E-state index contributed by atoms with van der Waals surface area (Å²) in [6, 6.07) is 12.8. The quantitative estimate of drug-likeness (QED) is 0.476. The maximum atomic E-state index is 11.9. The van der Waals surface area contributed by atoms with Crippen LogP contribution in [0.1, 0.15) is 15.9 Å². The summed E-state index contributed by atoms with van der Waals surface area (Å²) in [5, 5.41) is 10.5. The number of benzene rings is 2. The number of rotatable bonds is 5. The largest absolute Gasteiger partial charge is 0.485 e. The van der Waals surface area contributed by atoms with Crippen molar-refractivity contribution in [1.82, 2.24) is 0 Å². The molecule has 5 nitrogen and oxygen atoms in total. The highest BCUT2D eigenvalue weighted by molar-refractivity contribution is 5.97. The van der Waals surface area contributed by atoms with Crippen LogP contribution in [0, 0.1) is 17.0 Å². The van der Waals surface area contributed by atoms with E-state index in [1.54, 1.807) is 12.1 Å². The molecule has 0 amide bonds. The molecule has 0 radical (unpaired) electrons. The van der Waals surface area contributed by atoms with Crippen LogP contribution in [0.15, 0.2) is 48.5 Å². The molecule has 2 rings (SSSR count). The Morgan fingerprint density at radius 1 is 1.10 bits per heavy atom. The summed E-state index contributed by atoms with van der Waals surface area (Å²) < 4.78 is 5.32. The van der Waals surface area contributed by atoms with Gasteiger partial charge < -0.3 is 4.74 Å². The average molecular weight is 271 g/mol. The van der Waals surface area contributed by atoms with Crippen LogP contribution >= 0.6 is 0 Å². The number of nitrogens with zero attached hydrogens (tertiary/aromatic N) is 1. The summed E-state index contributed by atoms with van der Waals surface area (Å²) in [6.07, 6.45) is 0. The van der Waals surface area contributed by atoms with Gasteiger partial charge in [-0.25, -0.2) is 0 Å². The number of carbonyl (C=O) groups excluding carboxylic acids is 1. The lowest BCUT2D eigenvalue weighted by Crippen LogP contribution is -2.11. The molecule has 0 saturated heterocycles. The maximum Gasteiger partial charge on any atom is 0.269 e. The summed E-state index contributed by atoms with van der Waals surface area (Å²) >= 11 is 0. The molecule has 0 fully saturated rings. The average Bonchev–Trinajstić information content (AvgIpc) is 2.46. The Kier molecular flexibility index (Phi) is 4.10. The third-order valence-corrected chi connectivity index (χ3v) is 2.79. The molecule has 0 aliphatic carbocycles. The van der Waals surface area contributed by atoms with Crippen molar-refractivity contribution in [2.45, 2.75) is 6.92 Å². The van der Waals surface area contributed by atoms with Crippen molar-refractivity contribution in [3.8, 4) is 5.75 Å². The molecule has 5 heteroatoms. The van der Waals surface area contributed by atoms with Crippen molar-refractivity contribution in [3.63, 3.8) is 0 Å². The number of carbonyl (C=O) groups is 1. The zero-order valence-corrected chi connectivity index (χ0v) is 10.9. The molecule has 0 atom stereocenters. The lowest BCUT2D eigenvalue weighted by atomic mass is 10.1. The zero-order valence-electron chi connectivity index (χ0n) is 10.9. The fourth-order valence-corrected chi connectivity index (χ4v) is 1.64. The second-order valence-corrected chi connectivity index (χ2v) is 4.33. The molecule has 0 spiro atoms. The minimum atomic E-state index is -0.485. The van der Waals surface area contributed by atoms with E-state index in [4.69, 9.17) is 4.74 Å². The number of nitro benzene ring substituents is 1. The van der Waals surface area contributed by atoms with Crippen molar-refractivity contribution >= 4 is 11.5 Å². The molecule has 0 aliphatic heterocycles. The highest BCUT2D eigenvalue weighted by Gasteiger charge is 2.08. The number of ether oxygens (including phenoxy) is 1. The number of non-ortho nitro benzene ring substituents is 1. The summed E-state index contributed by atoms with van der Waals surface area (Å²) in [5.74, 6) is 0.291. The van der Waals surface area contributed by atoms with E-state index in [-0.39, 0.29) is 18.1 Å². The van der Waals surface area contributed by atoms with E-state index in [1.165, 1.54) is 24.3 Å². The Bertz CT molecular complexity index is 617. The van der Waals surface area contributed by atoms with Gasteiger partial charge in [0.1, 0.15) is 5.75 Å². The van der Waals surface area contributed by atoms with Gasteiger partial charge in [0.15, 0.2) is 12.4 Å². The monoisotopic (exact) mass is 271 g/mol. The van der Waals surface area contributed by atoms with Crippen LogP contribution in [-0.2, 0) is 0 Å². The first-order chi connectivity index (χ1) is 9.56. The van der Waals surface area contributed by atoms with E-state index in [9.17, 15) is 14.9 Å². The van der Waals surface area contributed by atoms with Gasteiger partial charge >= 0.3 is 0 Å². The number of ketones is 1. The van der Waals surface area contributed by atoms with Crippen LogP contribution in [-0.4, -0.2) is 17.3 Å². The number of hydrogen-bond acceptors (Lipinski definition) is 4. The van der Waals surface area contributed by atoms with Crippen LogP contribution in [0.2, 0.25) is 0 Å². The first-order valence-electron chi connectivity index (χ1n) is 6.03. The fourth-order valence-electron chi connectivity index (χ4n) is 1.64. The van der Waals surface area contributed by atoms with Crippen molar-refractivity contribution in [2.24, 2.45) is 0 Å². The van der Waals surface area contributed by atoms with E-state index in [0.29, 0.717) is 11.3 Å². The van der Waals surface area contributed by atoms with Gasteiger partial charge in [-0.05, 0) is 19.1 Å². The van der Waals surface area contributed by atoms with Gasteiger partial charge in [-0.15, -0.1) is 0 Å². The number of hydrogen-bond donors (Lipinski definition) is 0. The minimum Gasteiger partial charge on any atom is -0.485 e. The predicted octanol–water partition coefficient (Wildman–Crippen LogP) is 3.16. The Labute approximate surface area is 116 Å². The molecule has 102 valence electrons. The first kappa shape index (κ1) is 13.7. The van der Waals surface area contributed by atoms with Crippen molar-refractivity contribution in [3.05, 3.63) is 69.8 Å². The van der Waals surface area contributed by atoms with Crippen LogP contribution < -0.4 is 4.74 Å². The predicted molar refractivity (Wildman–Crippen MR) is 74.1 cm³/mol. The third kappa shape index (κ3) is 3.41. The molecular formula is C15H13NO4. The highest BCUT2D eigenvalue weighted by atomic mass is 16.6. The third-order valence-electron chi connectivity index (χ3n) is 2.79. The standard InChI is InChI=1S/C15H13NO4/c1-11-2-4-12(5-3-11)15(17)10-20-14-8-6-13(7-9-14)16(18)19/h2-9H,10H2,1H3. The highest BCUT2D eigenvalue weighted by Crippen LogP contribution is 2.17. The van der Waals surface area contributed by atoms with E-state index >= 15 is 0 Å². The van der Waals surface area contributed by atoms with Gasteiger partial charge in [0.05, 0.1) is 4.92 Å². The lowest BCUT2D eigenvalue weighted by Gasteiger charge is -2.05. The maximum absolute atomic E-state index is 11.9. The minimum absolute atomic E-state index is 0.0118. The first-order valence-corrected chi connectivity index (χ1v) is 6.03. The molecule has 0 aliphatic rings. The van der Waals surface area contributed by atoms with Crippen molar-refractivity contribution < 1.29 is 14.5 Å². The van der Waals surface area contributed by atoms with Gasteiger partial charge in [-0.3, -0.25) is 14.9 Å². The zero-order chi connectivity index (χ0) is 14.5. The van der Waals surface area contributed by atoms with Gasteiger partial charge in [0.25, 0.3) is 5.69 Å². The van der Waals surface area contributed by atoms with Gasteiger partial charge in [-0.1, -0.05) is 29.8 Å². The fraction of sp³-hybridized carbons (Fsp3) is 0.133. The summed E-state index contributed by atoms with van der Waals surface area (Å²) in [5.41, 5.74) is 1.65. The molecular weight excluding hydrogens is 258 g/mol. The van der Waals surface area contributed by atoms with E-state index < -0.39 is 4.92 Å².